The molecular formula is C38H37FeNP2-6. The molecular weight excluding hydrogens is 588 g/mol. The molecule has 1 unspecified atom stereocenters. The molecule has 6 aromatic carbocycles. The number of benzene rings is 4. The van der Waals surface area contributed by atoms with Gasteiger partial charge < -0.3 is 35.3 Å². The molecule has 0 saturated carbocycles. The molecule has 0 saturated heterocycles. The normalized spacial score (nSPS) is 12.2. The first kappa shape index (κ1) is 31.8. The fourth-order valence-corrected chi connectivity index (χ4v) is 9.88. The van der Waals surface area contributed by atoms with Crippen molar-refractivity contribution >= 4 is 47.7 Å². The summed E-state index contributed by atoms with van der Waals surface area (Å²) in [7, 11) is -0.989. The zero-order valence-corrected chi connectivity index (χ0v) is 27.0. The van der Waals surface area contributed by atoms with Gasteiger partial charge in [-0.05, 0) is 30.5 Å². The van der Waals surface area contributed by atoms with Gasteiger partial charge in [0.05, 0.1) is 0 Å². The Morgan fingerprint density at radius 1 is 0.619 bits per heavy atom. The van der Waals surface area contributed by atoms with E-state index in [1.165, 1.54) is 37.4 Å². The first-order valence-corrected chi connectivity index (χ1v) is 16.8. The van der Waals surface area contributed by atoms with Gasteiger partial charge in [-0.25, -0.2) is 20.1 Å². The van der Waals surface area contributed by atoms with Crippen molar-refractivity contribution < 1.29 is 17.1 Å². The third-order valence-corrected chi connectivity index (χ3v) is 12.3. The van der Waals surface area contributed by atoms with Gasteiger partial charge in [0, 0.05) is 17.1 Å². The van der Waals surface area contributed by atoms with E-state index in [1.54, 1.807) is 0 Å². The topological polar surface area (TPSA) is 26.0 Å². The molecule has 0 spiro atoms. The molecule has 0 heterocycles. The minimum Gasteiger partial charge on any atom is -0.747 e. The van der Waals surface area contributed by atoms with E-state index in [-0.39, 0.29) is 22.6 Å². The van der Waals surface area contributed by atoms with Crippen molar-refractivity contribution in [3.05, 3.63) is 169 Å². The molecule has 6 rings (SSSR count). The first-order valence-electron chi connectivity index (χ1n) is 14.2. The monoisotopic (exact) mass is 625 g/mol. The Kier molecular flexibility index (Phi) is 11.7. The molecule has 0 aliphatic heterocycles. The van der Waals surface area contributed by atoms with Crippen LogP contribution < -0.4 is 37.6 Å². The van der Waals surface area contributed by atoms with Gasteiger partial charge in [0.15, 0.2) is 0 Å². The van der Waals surface area contributed by atoms with Crippen molar-refractivity contribution in [3.8, 4) is 0 Å². The fraction of sp³-hybridized carbons (Fsp3) is 0.105. The van der Waals surface area contributed by atoms with Crippen molar-refractivity contribution in [2.24, 2.45) is 5.73 Å². The van der Waals surface area contributed by atoms with Gasteiger partial charge >= 0.3 is 0 Å². The predicted molar refractivity (Wildman–Crippen MR) is 183 cm³/mol. The maximum absolute atomic E-state index is 6.59. The molecule has 4 heteroatoms. The molecule has 0 aliphatic rings. The molecule has 0 radical (unpaired) electrons. The van der Waals surface area contributed by atoms with Crippen molar-refractivity contribution in [3.63, 3.8) is 0 Å². The van der Waals surface area contributed by atoms with E-state index in [1.807, 2.05) is 0 Å². The Morgan fingerprint density at radius 3 is 1.43 bits per heavy atom. The van der Waals surface area contributed by atoms with Crippen LogP contribution in [0.15, 0.2) is 164 Å². The van der Waals surface area contributed by atoms with Crippen molar-refractivity contribution in [1.82, 2.24) is 0 Å². The largest absolute Gasteiger partial charge is 0.747 e. The molecule has 0 bridgehead atoms. The van der Waals surface area contributed by atoms with Gasteiger partial charge in [0.25, 0.3) is 0 Å². The molecule has 0 amide bonds. The summed E-state index contributed by atoms with van der Waals surface area (Å²) in [6.45, 7) is 4.29. The van der Waals surface area contributed by atoms with Gasteiger partial charge in [-0.3, -0.25) is 0 Å². The second-order valence-corrected chi connectivity index (χ2v) is 14.7. The van der Waals surface area contributed by atoms with E-state index in [0.717, 1.165) is 6.42 Å². The summed E-state index contributed by atoms with van der Waals surface area (Å²) >= 11 is 0. The second kappa shape index (κ2) is 15.4. The summed E-state index contributed by atoms with van der Waals surface area (Å²) in [5, 5.41) is 8.35. The average molecular weight is 626 g/mol. The zero-order chi connectivity index (χ0) is 28.5. The van der Waals surface area contributed by atoms with E-state index in [0.29, 0.717) is 0 Å². The average Bonchev–Trinajstić information content (AvgIpc) is 3.74. The Hall–Kier alpha value is -3.08. The molecule has 218 valence electrons. The predicted octanol–water partition coefficient (Wildman–Crippen LogP) is 6.91. The summed E-state index contributed by atoms with van der Waals surface area (Å²) in [5.74, 6) is 0. The maximum atomic E-state index is 6.59. The van der Waals surface area contributed by atoms with Crippen molar-refractivity contribution in [2.75, 3.05) is 0 Å². The Morgan fingerprint density at radius 2 is 1.02 bits per heavy atom. The van der Waals surface area contributed by atoms with Crippen LogP contribution in [0.4, 0.5) is 0 Å². The minimum atomic E-state index is -0.580. The smallest absolute Gasteiger partial charge is 0 e. The zero-order valence-electron chi connectivity index (χ0n) is 24.1. The van der Waals surface area contributed by atoms with Gasteiger partial charge in [-0.1, -0.05) is 146 Å². The Bertz CT molecular complexity index is 1500. The van der Waals surface area contributed by atoms with Crippen LogP contribution in [0.5, 0.6) is 0 Å². The molecule has 0 fully saturated rings. The van der Waals surface area contributed by atoms with Crippen LogP contribution in [0.2, 0.25) is 0 Å². The molecule has 42 heavy (non-hydrogen) atoms. The SMILES string of the molecule is CCC(C)(N)[c-]1cccc1P(c1ccccc1)c1ccccc1.[Fe].c1ccc(P(c2ccccc2)[c-]2[cH-][cH-][cH-][cH-]2)cc1. The summed E-state index contributed by atoms with van der Waals surface area (Å²) in [6.07, 6.45) is 0.927. The number of rotatable bonds is 8. The fourth-order valence-electron chi connectivity index (χ4n) is 4.97. The van der Waals surface area contributed by atoms with Crippen LogP contribution in [0.1, 0.15) is 25.8 Å². The van der Waals surface area contributed by atoms with Gasteiger partial charge in [0.1, 0.15) is 0 Å². The standard InChI is InChI=1S/C21H23NP.C17H14P.Fe/c1-3-21(2,22)19-15-10-16-20(19)23(17-11-6-4-7-12-17)18-13-8-5-9-14-18;1-3-9-15(10-4-1)18(17-13-7-8-14-17)16-11-5-2-6-12-16;/h4-16H,3,22H2,1-2H3;1-14H;/q-1;-5;. The van der Waals surface area contributed by atoms with Crippen LogP contribution in [-0.4, -0.2) is 0 Å². The summed E-state index contributed by atoms with van der Waals surface area (Å²) in [4.78, 5) is 0. The first-order chi connectivity index (χ1) is 20.1. The number of hydrogen-bond acceptors (Lipinski definition) is 1. The third kappa shape index (κ3) is 7.65. The summed E-state index contributed by atoms with van der Waals surface area (Å²) in [5.41, 5.74) is 7.57. The summed E-state index contributed by atoms with van der Waals surface area (Å²) in [6, 6.07) is 58.4. The minimum absolute atomic E-state index is 0. The Balaban J connectivity index is 0.000000193. The Labute approximate surface area is 264 Å². The second-order valence-electron chi connectivity index (χ2n) is 10.3. The van der Waals surface area contributed by atoms with E-state index in [4.69, 9.17) is 5.73 Å². The van der Waals surface area contributed by atoms with Crippen molar-refractivity contribution in [2.45, 2.75) is 25.8 Å². The van der Waals surface area contributed by atoms with E-state index < -0.39 is 15.8 Å². The number of hydrogen-bond donors (Lipinski definition) is 1. The maximum Gasteiger partial charge on any atom is 0 e. The molecule has 1 atom stereocenters. The molecule has 2 N–H and O–H groups in total. The molecule has 0 aliphatic carbocycles. The third-order valence-electron chi connectivity index (χ3n) is 7.34. The van der Waals surface area contributed by atoms with Gasteiger partial charge in [-0.2, -0.15) is 6.07 Å². The van der Waals surface area contributed by atoms with Gasteiger partial charge in [-0.15, -0.1) is 10.9 Å². The van der Waals surface area contributed by atoms with E-state index in [2.05, 4.69) is 178 Å². The van der Waals surface area contributed by atoms with Crippen molar-refractivity contribution in [1.29, 1.82) is 0 Å². The van der Waals surface area contributed by atoms with E-state index >= 15 is 0 Å². The molecule has 0 aromatic heterocycles. The van der Waals surface area contributed by atoms with Crippen LogP contribution in [-0.2, 0) is 22.6 Å². The van der Waals surface area contributed by atoms with E-state index in [9.17, 15) is 0 Å². The van der Waals surface area contributed by atoms with Gasteiger partial charge in [0.2, 0.25) is 0 Å². The quantitative estimate of drug-likeness (QED) is 0.111. The van der Waals surface area contributed by atoms with Crippen LogP contribution in [0, 0.1) is 0 Å². The van der Waals surface area contributed by atoms with Crippen LogP contribution >= 0.6 is 15.8 Å². The molecule has 6 aromatic rings. The van der Waals surface area contributed by atoms with Crippen LogP contribution in [0.3, 0.4) is 0 Å². The summed E-state index contributed by atoms with van der Waals surface area (Å²) < 4.78 is 0. The molecule has 1 nitrogen and oxygen atoms in total. The van der Waals surface area contributed by atoms with Crippen LogP contribution in [0.25, 0.3) is 0 Å². The number of nitrogens with two attached hydrogens (primary N) is 1.